The van der Waals surface area contributed by atoms with Gasteiger partial charge in [-0.25, -0.2) is 4.68 Å². The summed E-state index contributed by atoms with van der Waals surface area (Å²) in [4.78, 5) is 4.44. The van der Waals surface area contributed by atoms with Crippen molar-refractivity contribution in [1.29, 1.82) is 0 Å². The molecule has 0 atom stereocenters. The van der Waals surface area contributed by atoms with Crippen molar-refractivity contribution in [2.75, 3.05) is 7.11 Å². The van der Waals surface area contributed by atoms with Crippen molar-refractivity contribution in [2.24, 2.45) is 0 Å². The summed E-state index contributed by atoms with van der Waals surface area (Å²) >= 11 is 0. The highest BCUT2D eigenvalue weighted by Crippen LogP contribution is 2.43. The Morgan fingerprint density at radius 2 is 1.94 bits per heavy atom. The second-order valence-corrected chi connectivity index (χ2v) is 9.14. The fraction of sp³-hybridized carbons (Fsp3) is 0.346. The van der Waals surface area contributed by atoms with Crippen molar-refractivity contribution in [3.05, 3.63) is 53.3 Å². The summed E-state index contributed by atoms with van der Waals surface area (Å²) in [6.07, 6.45) is 7.05. The van der Waals surface area contributed by atoms with E-state index in [9.17, 15) is 0 Å². The molecule has 0 N–H and O–H groups in total. The molecule has 0 saturated carbocycles. The summed E-state index contributed by atoms with van der Waals surface area (Å²) in [5.41, 5.74) is 7.61. The molecular formula is C26H27N5O2. The molecule has 0 radical (unpaired) electrons. The molecule has 0 saturated heterocycles. The van der Waals surface area contributed by atoms with Gasteiger partial charge in [-0.15, -0.1) is 0 Å². The van der Waals surface area contributed by atoms with Crippen LogP contribution in [-0.4, -0.2) is 31.6 Å². The van der Waals surface area contributed by atoms with E-state index in [-0.39, 0.29) is 6.04 Å². The van der Waals surface area contributed by atoms with Gasteiger partial charge in [-0.05, 0) is 65.2 Å². The molecular weight excluding hydrogens is 414 g/mol. The summed E-state index contributed by atoms with van der Waals surface area (Å²) in [5.74, 6) is 2.74. The van der Waals surface area contributed by atoms with Gasteiger partial charge in [0.05, 0.1) is 35.1 Å². The zero-order valence-corrected chi connectivity index (χ0v) is 19.6. The molecule has 4 heterocycles. The Kier molecular flexibility index (Phi) is 4.37. The number of hydrogen-bond donors (Lipinski definition) is 0. The Morgan fingerprint density at radius 1 is 1.09 bits per heavy atom. The summed E-state index contributed by atoms with van der Waals surface area (Å²) in [7, 11) is 1.71. The largest absolute Gasteiger partial charge is 0.496 e. The van der Waals surface area contributed by atoms with Crippen LogP contribution in [0.3, 0.4) is 0 Å². The molecule has 5 aromatic rings. The van der Waals surface area contributed by atoms with E-state index in [1.54, 1.807) is 7.11 Å². The normalized spacial score (nSPS) is 13.5. The second-order valence-electron chi connectivity index (χ2n) is 9.14. The third-order valence-electron chi connectivity index (χ3n) is 6.80. The Labute approximate surface area is 192 Å². The molecule has 0 unspecified atom stereocenters. The monoisotopic (exact) mass is 441 g/mol. The van der Waals surface area contributed by atoms with Crippen LogP contribution in [0.1, 0.15) is 49.0 Å². The van der Waals surface area contributed by atoms with Gasteiger partial charge in [0.1, 0.15) is 17.3 Å². The molecule has 7 nitrogen and oxygen atoms in total. The first-order chi connectivity index (χ1) is 16.0. The first-order valence-corrected chi connectivity index (χ1v) is 11.5. The number of pyridine rings is 1. The summed E-state index contributed by atoms with van der Waals surface area (Å²) < 4.78 is 15.9. The van der Waals surface area contributed by atoms with Gasteiger partial charge in [-0.3, -0.25) is 9.55 Å². The standard InChI is InChI=1S/C26H27N5O2/c1-14(2)31-26(17-7-6-8-21(17)28-31)30-22-9-10-27-13-20(22)18-12-24(32-5)19(11-23(18)30)25-15(3)29-33-16(25)4/h9-14H,6-8H2,1-5H3. The maximum absolute atomic E-state index is 5.86. The molecule has 168 valence electrons. The van der Waals surface area contributed by atoms with Gasteiger partial charge >= 0.3 is 0 Å². The fourth-order valence-electron chi connectivity index (χ4n) is 5.34. The first kappa shape index (κ1) is 20.0. The highest BCUT2D eigenvalue weighted by atomic mass is 16.5. The van der Waals surface area contributed by atoms with Crippen molar-refractivity contribution >= 4 is 21.8 Å². The molecule has 4 aromatic heterocycles. The van der Waals surface area contributed by atoms with E-state index < -0.39 is 0 Å². The second kappa shape index (κ2) is 7.20. The number of hydrogen-bond acceptors (Lipinski definition) is 5. The minimum atomic E-state index is 0.250. The van der Waals surface area contributed by atoms with Crippen LogP contribution in [0.2, 0.25) is 0 Å². The van der Waals surface area contributed by atoms with E-state index in [2.05, 4.69) is 51.4 Å². The quantitative estimate of drug-likeness (QED) is 0.356. The predicted molar refractivity (Wildman–Crippen MR) is 128 cm³/mol. The highest BCUT2D eigenvalue weighted by molar-refractivity contribution is 6.11. The van der Waals surface area contributed by atoms with Crippen LogP contribution in [-0.2, 0) is 12.8 Å². The van der Waals surface area contributed by atoms with E-state index in [1.807, 2.05) is 26.2 Å². The van der Waals surface area contributed by atoms with Crippen LogP contribution in [0.25, 0.3) is 38.8 Å². The van der Waals surface area contributed by atoms with E-state index in [1.165, 1.54) is 17.1 Å². The van der Waals surface area contributed by atoms with E-state index in [0.29, 0.717) is 0 Å². The predicted octanol–water partition coefficient (Wildman–Crippen LogP) is 5.73. The van der Waals surface area contributed by atoms with Crippen molar-refractivity contribution in [3.63, 3.8) is 0 Å². The van der Waals surface area contributed by atoms with Crippen LogP contribution >= 0.6 is 0 Å². The van der Waals surface area contributed by atoms with E-state index >= 15 is 0 Å². The summed E-state index contributed by atoms with van der Waals surface area (Å²) in [6.45, 7) is 8.30. The molecule has 0 amide bonds. The molecule has 0 fully saturated rings. The van der Waals surface area contributed by atoms with Crippen LogP contribution in [0.4, 0.5) is 0 Å². The maximum Gasteiger partial charge on any atom is 0.141 e. The molecule has 0 bridgehead atoms. The van der Waals surface area contributed by atoms with Crippen LogP contribution in [0.5, 0.6) is 5.75 Å². The molecule has 0 spiro atoms. The van der Waals surface area contributed by atoms with Gasteiger partial charge in [0.25, 0.3) is 0 Å². The fourth-order valence-corrected chi connectivity index (χ4v) is 5.34. The zero-order valence-electron chi connectivity index (χ0n) is 19.6. The van der Waals surface area contributed by atoms with Gasteiger partial charge in [0.15, 0.2) is 0 Å². The summed E-state index contributed by atoms with van der Waals surface area (Å²) in [6, 6.07) is 6.67. The van der Waals surface area contributed by atoms with E-state index in [0.717, 1.165) is 69.4 Å². The number of methoxy groups -OCH3 is 1. The lowest BCUT2D eigenvalue weighted by Gasteiger charge is -2.16. The molecule has 1 aliphatic rings. The average molecular weight is 442 g/mol. The number of benzene rings is 1. The first-order valence-electron chi connectivity index (χ1n) is 11.5. The third kappa shape index (κ3) is 2.78. The summed E-state index contributed by atoms with van der Waals surface area (Å²) in [5, 5.41) is 11.4. The topological polar surface area (TPSA) is 70.9 Å². The van der Waals surface area contributed by atoms with Gasteiger partial charge in [-0.2, -0.15) is 5.10 Å². The number of ether oxygens (including phenoxy) is 1. The van der Waals surface area contributed by atoms with Gasteiger partial charge in [0.2, 0.25) is 0 Å². The minimum absolute atomic E-state index is 0.250. The molecule has 6 rings (SSSR count). The Balaban J connectivity index is 1.78. The lowest BCUT2D eigenvalue weighted by atomic mass is 10.0. The van der Waals surface area contributed by atoms with Gasteiger partial charge in [-0.1, -0.05) is 5.16 Å². The SMILES string of the molecule is COc1cc2c3cnccc3n(-c3c4c(nn3C(C)C)CCC4)c2cc1-c1c(C)noc1C. The number of nitrogens with zero attached hydrogens (tertiary/aromatic N) is 5. The van der Waals surface area contributed by atoms with Crippen molar-refractivity contribution < 1.29 is 9.26 Å². The Morgan fingerprint density at radius 3 is 2.67 bits per heavy atom. The molecule has 1 aliphatic carbocycles. The van der Waals surface area contributed by atoms with Crippen LogP contribution in [0.15, 0.2) is 35.1 Å². The highest BCUT2D eigenvalue weighted by Gasteiger charge is 2.28. The molecule has 7 heteroatoms. The Bertz CT molecular complexity index is 1520. The van der Waals surface area contributed by atoms with Crippen LogP contribution in [0, 0.1) is 13.8 Å². The zero-order chi connectivity index (χ0) is 22.9. The number of rotatable bonds is 4. The molecule has 1 aromatic carbocycles. The number of fused-ring (bicyclic) bond motifs is 4. The third-order valence-corrected chi connectivity index (χ3v) is 6.80. The molecule has 0 aliphatic heterocycles. The van der Waals surface area contributed by atoms with Crippen molar-refractivity contribution in [3.8, 4) is 22.7 Å². The Hall–Kier alpha value is -3.61. The maximum atomic E-state index is 5.86. The van der Waals surface area contributed by atoms with Gasteiger partial charge < -0.3 is 9.26 Å². The van der Waals surface area contributed by atoms with E-state index in [4.69, 9.17) is 14.4 Å². The minimum Gasteiger partial charge on any atom is -0.496 e. The lowest BCUT2D eigenvalue weighted by molar-refractivity contribution is 0.393. The van der Waals surface area contributed by atoms with Crippen molar-refractivity contribution in [2.45, 2.75) is 53.0 Å². The van der Waals surface area contributed by atoms with Crippen LogP contribution < -0.4 is 4.74 Å². The average Bonchev–Trinajstić information content (AvgIpc) is 3.55. The number of aryl methyl sites for hydroxylation is 3. The van der Waals surface area contributed by atoms with Gasteiger partial charge in [0, 0.05) is 40.3 Å². The lowest BCUT2D eigenvalue weighted by Crippen LogP contribution is -2.11. The molecule has 33 heavy (non-hydrogen) atoms. The van der Waals surface area contributed by atoms with Crippen molar-refractivity contribution in [1.82, 2.24) is 24.5 Å². The number of aromatic nitrogens is 5. The smallest absolute Gasteiger partial charge is 0.141 e.